The van der Waals surface area contributed by atoms with E-state index in [1.165, 1.54) is 0 Å². The topological polar surface area (TPSA) is 66.6 Å². The lowest BCUT2D eigenvalue weighted by atomic mass is 10.1. The normalized spacial score (nSPS) is 10.7. The molecule has 1 rings (SSSR count). The molecule has 0 aromatic carbocycles. The van der Waals surface area contributed by atoms with Gasteiger partial charge in [-0.15, -0.1) is 0 Å². The molecule has 15 heavy (non-hydrogen) atoms. The Morgan fingerprint density at radius 3 is 2.47 bits per heavy atom. The van der Waals surface area contributed by atoms with Crippen molar-refractivity contribution in [3.05, 3.63) is 11.6 Å². The minimum Gasteiger partial charge on any atom is -0.476 e. The van der Waals surface area contributed by atoms with Gasteiger partial charge in [0.1, 0.15) is 0 Å². The first-order valence-corrected chi connectivity index (χ1v) is 4.82. The SMILES string of the molecule is CC(C)Cc1nc(C(=O)O)c(N(C)C)o1. The lowest BCUT2D eigenvalue weighted by Crippen LogP contribution is -2.12. The molecule has 0 unspecified atom stereocenters. The lowest BCUT2D eigenvalue weighted by molar-refractivity contribution is 0.0691. The minimum absolute atomic E-state index is 0.0179. The summed E-state index contributed by atoms with van der Waals surface area (Å²) in [5.41, 5.74) is -0.0179. The summed E-state index contributed by atoms with van der Waals surface area (Å²) < 4.78 is 5.38. The molecule has 0 amide bonds. The van der Waals surface area contributed by atoms with E-state index in [-0.39, 0.29) is 5.69 Å². The number of nitrogens with zero attached hydrogens (tertiary/aromatic N) is 2. The minimum atomic E-state index is -1.06. The van der Waals surface area contributed by atoms with E-state index in [1.807, 2.05) is 13.8 Å². The second kappa shape index (κ2) is 4.33. The highest BCUT2D eigenvalue weighted by atomic mass is 16.4. The van der Waals surface area contributed by atoms with E-state index in [4.69, 9.17) is 9.52 Å². The average molecular weight is 212 g/mol. The summed E-state index contributed by atoms with van der Waals surface area (Å²) in [6, 6.07) is 0. The highest BCUT2D eigenvalue weighted by Gasteiger charge is 2.21. The monoisotopic (exact) mass is 212 g/mol. The Labute approximate surface area is 88.7 Å². The lowest BCUT2D eigenvalue weighted by Gasteiger charge is -2.07. The van der Waals surface area contributed by atoms with Crippen LogP contribution in [0.3, 0.4) is 0 Å². The van der Waals surface area contributed by atoms with Crippen molar-refractivity contribution >= 4 is 11.9 Å². The summed E-state index contributed by atoms with van der Waals surface area (Å²) in [5.74, 6) is 0.113. The van der Waals surface area contributed by atoms with Crippen molar-refractivity contribution in [2.75, 3.05) is 19.0 Å². The quantitative estimate of drug-likeness (QED) is 0.821. The third-order valence-electron chi connectivity index (χ3n) is 1.85. The Balaban J connectivity index is 3.04. The van der Waals surface area contributed by atoms with E-state index < -0.39 is 5.97 Å². The molecule has 1 heterocycles. The molecule has 0 bridgehead atoms. The van der Waals surface area contributed by atoms with Crippen LogP contribution in [-0.2, 0) is 6.42 Å². The maximum absolute atomic E-state index is 10.9. The molecule has 0 saturated heterocycles. The molecular formula is C10H16N2O3. The first kappa shape index (κ1) is 11.6. The van der Waals surface area contributed by atoms with Gasteiger partial charge in [-0.05, 0) is 5.92 Å². The summed E-state index contributed by atoms with van der Waals surface area (Å²) in [7, 11) is 3.46. The van der Waals surface area contributed by atoms with Crippen LogP contribution in [0.15, 0.2) is 4.42 Å². The fourth-order valence-electron chi connectivity index (χ4n) is 1.23. The average Bonchev–Trinajstić information content (AvgIpc) is 2.46. The van der Waals surface area contributed by atoms with Crippen LogP contribution in [0.25, 0.3) is 0 Å². The van der Waals surface area contributed by atoms with Crippen LogP contribution in [0.4, 0.5) is 5.88 Å². The summed E-state index contributed by atoms with van der Waals surface area (Å²) in [6.07, 6.45) is 0.647. The Kier molecular flexibility index (Phi) is 3.34. The van der Waals surface area contributed by atoms with Crippen molar-refractivity contribution in [2.45, 2.75) is 20.3 Å². The number of carboxylic acids is 1. The Morgan fingerprint density at radius 1 is 1.53 bits per heavy atom. The summed E-state index contributed by atoms with van der Waals surface area (Å²) in [6.45, 7) is 4.06. The molecule has 0 aliphatic rings. The molecule has 0 fully saturated rings. The molecule has 1 aromatic rings. The van der Waals surface area contributed by atoms with Crippen LogP contribution in [-0.4, -0.2) is 30.2 Å². The Morgan fingerprint density at radius 2 is 2.13 bits per heavy atom. The summed E-state index contributed by atoms with van der Waals surface area (Å²) in [4.78, 5) is 16.5. The number of rotatable bonds is 4. The number of hydrogen-bond acceptors (Lipinski definition) is 4. The van der Waals surface area contributed by atoms with Gasteiger partial charge in [-0.1, -0.05) is 13.8 Å². The maximum atomic E-state index is 10.9. The van der Waals surface area contributed by atoms with Crippen molar-refractivity contribution in [3.8, 4) is 0 Å². The molecule has 0 atom stereocenters. The van der Waals surface area contributed by atoms with Gasteiger partial charge < -0.3 is 14.4 Å². The van der Waals surface area contributed by atoms with Crippen molar-refractivity contribution in [1.29, 1.82) is 0 Å². The van der Waals surface area contributed by atoms with Gasteiger partial charge in [-0.2, -0.15) is 0 Å². The van der Waals surface area contributed by atoms with Gasteiger partial charge in [0.05, 0.1) is 0 Å². The third-order valence-corrected chi connectivity index (χ3v) is 1.85. The van der Waals surface area contributed by atoms with Gasteiger partial charge >= 0.3 is 5.97 Å². The summed E-state index contributed by atoms with van der Waals surface area (Å²) >= 11 is 0. The highest BCUT2D eigenvalue weighted by molar-refractivity contribution is 5.90. The van der Waals surface area contributed by atoms with Gasteiger partial charge in [0.25, 0.3) is 0 Å². The van der Waals surface area contributed by atoms with E-state index in [1.54, 1.807) is 19.0 Å². The van der Waals surface area contributed by atoms with Crippen molar-refractivity contribution < 1.29 is 14.3 Å². The van der Waals surface area contributed by atoms with Crippen LogP contribution < -0.4 is 4.90 Å². The smallest absolute Gasteiger partial charge is 0.360 e. The molecule has 0 saturated carbocycles. The van der Waals surface area contributed by atoms with Crippen LogP contribution in [0.5, 0.6) is 0 Å². The fourth-order valence-corrected chi connectivity index (χ4v) is 1.23. The van der Waals surface area contributed by atoms with E-state index >= 15 is 0 Å². The molecule has 1 N–H and O–H groups in total. The van der Waals surface area contributed by atoms with Crippen molar-refractivity contribution in [2.24, 2.45) is 5.92 Å². The first-order valence-electron chi connectivity index (χ1n) is 4.82. The van der Waals surface area contributed by atoms with Crippen LogP contribution >= 0.6 is 0 Å². The number of oxazole rings is 1. The number of hydrogen-bond donors (Lipinski definition) is 1. The van der Waals surface area contributed by atoms with Crippen LogP contribution in [0.1, 0.15) is 30.2 Å². The fraction of sp³-hybridized carbons (Fsp3) is 0.600. The molecule has 0 radical (unpaired) electrons. The largest absolute Gasteiger partial charge is 0.476 e. The Bertz CT molecular complexity index is 356. The number of anilines is 1. The van der Waals surface area contributed by atoms with Gasteiger partial charge in [0, 0.05) is 20.5 Å². The van der Waals surface area contributed by atoms with E-state index in [9.17, 15) is 4.79 Å². The van der Waals surface area contributed by atoms with Crippen LogP contribution in [0, 0.1) is 5.92 Å². The third kappa shape index (κ3) is 2.71. The predicted molar refractivity (Wildman–Crippen MR) is 56.3 cm³/mol. The first-order chi connectivity index (χ1) is 6.91. The maximum Gasteiger partial charge on any atom is 0.360 e. The number of carbonyl (C=O) groups is 1. The standard InChI is InChI=1S/C10H16N2O3/c1-6(2)5-7-11-8(10(13)14)9(15-7)12(3)4/h6H,5H2,1-4H3,(H,13,14). The van der Waals surface area contributed by atoms with Gasteiger partial charge in [0.2, 0.25) is 11.6 Å². The molecule has 5 nitrogen and oxygen atoms in total. The second-order valence-electron chi connectivity index (χ2n) is 4.06. The number of aromatic nitrogens is 1. The van der Waals surface area contributed by atoms with Crippen LogP contribution in [0.2, 0.25) is 0 Å². The number of carboxylic acid groups (broad SMARTS) is 1. The zero-order valence-electron chi connectivity index (χ0n) is 9.44. The molecule has 0 aliphatic carbocycles. The Hall–Kier alpha value is -1.52. The van der Waals surface area contributed by atoms with E-state index in [2.05, 4.69) is 4.98 Å². The second-order valence-corrected chi connectivity index (χ2v) is 4.06. The van der Waals surface area contributed by atoms with Gasteiger partial charge in [-0.25, -0.2) is 9.78 Å². The van der Waals surface area contributed by atoms with Crippen molar-refractivity contribution in [3.63, 3.8) is 0 Å². The predicted octanol–water partition coefficient (Wildman–Crippen LogP) is 1.64. The zero-order chi connectivity index (χ0) is 11.6. The molecule has 0 spiro atoms. The van der Waals surface area contributed by atoms with Crippen molar-refractivity contribution in [1.82, 2.24) is 4.98 Å². The molecule has 84 valence electrons. The van der Waals surface area contributed by atoms with E-state index in [0.717, 1.165) is 0 Å². The zero-order valence-corrected chi connectivity index (χ0v) is 9.44. The molecule has 5 heteroatoms. The number of aromatic carboxylic acids is 1. The molecular weight excluding hydrogens is 196 g/mol. The molecule has 0 aliphatic heterocycles. The van der Waals surface area contributed by atoms with E-state index in [0.29, 0.717) is 24.1 Å². The van der Waals surface area contributed by atoms with Gasteiger partial charge in [0.15, 0.2) is 5.89 Å². The van der Waals surface area contributed by atoms with Gasteiger partial charge in [-0.3, -0.25) is 0 Å². The summed E-state index contributed by atoms with van der Waals surface area (Å²) in [5, 5.41) is 8.91. The highest BCUT2D eigenvalue weighted by Crippen LogP contribution is 2.21. The molecule has 1 aromatic heterocycles.